The first-order chi connectivity index (χ1) is 16.5. The molecule has 7 nitrogen and oxygen atoms in total. The second kappa shape index (κ2) is 11.0. The third kappa shape index (κ3) is 6.39. The van der Waals surface area contributed by atoms with Crippen LogP contribution < -0.4 is 14.8 Å². The molecule has 35 heavy (non-hydrogen) atoms. The van der Waals surface area contributed by atoms with Crippen LogP contribution in [0, 0.1) is 0 Å². The van der Waals surface area contributed by atoms with Crippen LogP contribution >= 0.6 is 11.6 Å². The van der Waals surface area contributed by atoms with Crippen molar-refractivity contribution in [1.29, 1.82) is 0 Å². The monoisotopic (exact) mass is 534 g/mol. The summed E-state index contributed by atoms with van der Waals surface area (Å²) in [6, 6.07) is 6.22. The summed E-state index contributed by atoms with van der Waals surface area (Å²) in [4.78, 5) is 12.8. The van der Waals surface area contributed by atoms with Crippen LogP contribution in [0.3, 0.4) is 0 Å². The van der Waals surface area contributed by atoms with Crippen LogP contribution in [-0.2, 0) is 21.0 Å². The predicted molar refractivity (Wildman–Crippen MR) is 125 cm³/mol. The van der Waals surface area contributed by atoms with Crippen molar-refractivity contribution in [3.05, 3.63) is 47.0 Å². The zero-order valence-electron chi connectivity index (χ0n) is 19.2. The van der Waals surface area contributed by atoms with Crippen LogP contribution in [0.15, 0.2) is 41.3 Å². The van der Waals surface area contributed by atoms with Crippen LogP contribution in [-0.4, -0.2) is 45.4 Å². The smallest absolute Gasteiger partial charge is 0.416 e. The zero-order valence-corrected chi connectivity index (χ0v) is 20.8. The fraction of sp³-hybridized carbons (Fsp3) is 0.435. The number of benzene rings is 2. The Kier molecular flexibility index (Phi) is 8.55. The first kappa shape index (κ1) is 27.1. The Balaban J connectivity index is 1.92. The number of amides is 1. The molecular weight excluding hydrogens is 509 g/mol. The van der Waals surface area contributed by atoms with E-state index in [1.54, 1.807) is 0 Å². The maximum atomic E-state index is 13.6. The standard InChI is InChI=1S/C23H26ClF3N2O5S/c1-33-20-11-9-17(13-21(20)34-2)35(31,32)29(16-6-4-3-5-7-16)14-22(30)28-19-12-15(23(25,26)27)8-10-18(19)24/h8-13,16H,3-7,14H2,1-2H3,(H,28,30). The fourth-order valence-electron chi connectivity index (χ4n) is 4.02. The van der Waals surface area contributed by atoms with Crippen molar-refractivity contribution < 1.29 is 35.9 Å². The Labute approximate surface area is 207 Å². The summed E-state index contributed by atoms with van der Waals surface area (Å²) < 4.78 is 78.0. The first-order valence-electron chi connectivity index (χ1n) is 10.9. The molecule has 192 valence electrons. The van der Waals surface area contributed by atoms with Gasteiger partial charge in [0.05, 0.1) is 41.9 Å². The lowest BCUT2D eigenvalue weighted by Crippen LogP contribution is -2.45. The summed E-state index contributed by atoms with van der Waals surface area (Å²) >= 11 is 5.98. The van der Waals surface area contributed by atoms with Crippen LogP contribution in [0.4, 0.5) is 18.9 Å². The molecule has 2 aromatic rings. The number of carbonyl (C=O) groups is 1. The molecule has 0 unspecified atom stereocenters. The number of methoxy groups -OCH3 is 2. The lowest BCUT2D eigenvalue weighted by atomic mass is 9.95. The number of carbonyl (C=O) groups excluding carboxylic acids is 1. The van der Waals surface area contributed by atoms with E-state index in [4.69, 9.17) is 21.1 Å². The van der Waals surface area contributed by atoms with E-state index in [9.17, 15) is 26.4 Å². The average molecular weight is 535 g/mol. The van der Waals surface area contributed by atoms with Gasteiger partial charge in [0.25, 0.3) is 0 Å². The molecule has 0 spiro atoms. The minimum Gasteiger partial charge on any atom is -0.493 e. The molecule has 0 heterocycles. The van der Waals surface area contributed by atoms with E-state index < -0.39 is 40.3 Å². The van der Waals surface area contributed by atoms with E-state index in [1.165, 1.54) is 32.4 Å². The highest BCUT2D eigenvalue weighted by Gasteiger charge is 2.35. The van der Waals surface area contributed by atoms with E-state index in [1.807, 2.05) is 0 Å². The van der Waals surface area contributed by atoms with Gasteiger partial charge in [-0.15, -0.1) is 0 Å². The van der Waals surface area contributed by atoms with Crippen LogP contribution in [0.5, 0.6) is 11.5 Å². The number of hydrogen-bond donors (Lipinski definition) is 1. The lowest BCUT2D eigenvalue weighted by molar-refractivity contribution is -0.137. The molecule has 1 aliphatic rings. The van der Waals surface area contributed by atoms with Gasteiger partial charge >= 0.3 is 6.18 Å². The van der Waals surface area contributed by atoms with Crippen molar-refractivity contribution in [3.63, 3.8) is 0 Å². The molecule has 2 aromatic carbocycles. The normalized spacial score (nSPS) is 15.2. The molecule has 0 saturated heterocycles. The molecule has 1 fully saturated rings. The molecule has 12 heteroatoms. The van der Waals surface area contributed by atoms with Crippen molar-refractivity contribution in [2.45, 2.75) is 49.2 Å². The molecule has 0 atom stereocenters. The Morgan fingerprint density at radius 1 is 1.06 bits per heavy atom. The van der Waals surface area contributed by atoms with Crippen LogP contribution in [0.25, 0.3) is 0 Å². The largest absolute Gasteiger partial charge is 0.493 e. The van der Waals surface area contributed by atoms with Gasteiger partial charge in [0.15, 0.2) is 11.5 Å². The van der Waals surface area contributed by atoms with Crippen molar-refractivity contribution >= 4 is 33.2 Å². The van der Waals surface area contributed by atoms with E-state index in [-0.39, 0.29) is 21.4 Å². The SMILES string of the molecule is COc1ccc(S(=O)(=O)N(CC(=O)Nc2cc(C(F)(F)F)ccc2Cl)C2CCCCC2)cc1OC. The summed E-state index contributed by atoms with van der Waals surface area (Å²) in [5.41, 5.74) is -1.24. The number of sulfonamides is 1. The third-order valence-corrected chi connectivity index (χ3v) is 8.03. The molecular formula is C23H26ClF3N2O5S. The van der Waals surface area contributed by atoms with Crippen LogP contribution in [0.2, 0.25) is 5.02 Å². The number of ether oxygens (including phenoxy) is 2. The molecule has 1 saturated carbocycles. The number of hydrogen-bond acceptors (Lipinski definition) is 5. The second-order valence-electron chi connectivity index (χ2n) is 8.10. The molecule has 1 amide bonds. The number of alkyl halides is 3. The average Bonchev–Trinajstić information content (AvgIpc) is 2.83. The van der Waals surface area contributed by atoms with E-state index in [0.717, 1.165) is 35.7 Å². The van der Waals surface area contributed by atoms with Gasteiger partial charge in [-0.05, 0) is 43.2 Å². The molecule has 0 aromatic heterocycles. The Morgan fingerprint density at radius 2 is 1.71 bits per heavy atom. The fourth-order valence-corrected chi connectivity index (χ4v) is 5.84. The predicted octanol–water partition coefficient (Wildman–Crippen LogP) is 5.34. The molecule has 0 radical (unpaired) electrons. The Morgan fingerprint density at radius 3 is 2.31 bits per heavy atom. The zero-order chi connectivity index (χ0) is 25.8. The van der Waals surface area contributed by atoms with Crippen molar-refractivity contribution in [3.8, 4) is 11.5 Å². The number of halogens is 4. The number of nitrogens with zero attached hydrogens (tertiary/aromatic N) is 1. The summed E-state index contributed by atoms with van der Waals surface area (Å²) in [5, 5.41) is 2.24. The molecule has 1 N–H and O–H groups in total. The number of nitrogens with one attached hydrogen (secondary N) is 1. The van der Waals surface area contributed by atoms with Crippen molar-refractivity contribution in [2.24, 2.45) is 0 Å². The summed E-state index contributed by atoms with van der Waals surface area (Å²) in [6.07, 6.45) is -0.969. The number of rotatable bonds is 8. The van der Waals surface area contributed by atoms with Crippen LogP contribution in [0.1, 0.15) is 37.7 Å². The van der Waals surface area contributed by atoms with E-state index in [2.05, 4.69) is 5.32 Å². The maximum absolute atomic E-state index is 13.6. The lowest BCUT2D eigenvalue weighted by Gasteiger charge is -2.33. The van der Waals surface area contributed by atoms with Crippen molar-refractivity contribution in [2.75, 3.05) is 26.1 Å². The van der Waals surface area contributed by atoms with Gasteiger partial charge in [0.2, 0.25) is 15.9 Å². The summed E-state index contributed by atoms with van der Waals surface area (Å²) in [6.45, 7) is -0.589. The van der Waals surface area contributed by atoms with Gasteiger partial charge in [-0.1, -0.05) is 30.9 Å². The Hall–Kier alpha value is -2.50. The molecule has 0 aliphatic heterocycles. The minimum absolute atomic E-state index is 0.0920. The molecule has 0 bridgehead atoms. The highest BCUT2D eigenvalue weighted by molar-refractivity contribution is 7.89. The van der Waals surface area contributed by atoms with Gasteiger partial charge < -0.3 is 14.8 Å². The molecule has 1 aliphatic carbocycles. The topological polar surface area (TPSA) is 84.9 Å². The van der Waals surface area contributed by atoms with Gasteiger partial charge in [0, 0.05) is 12.1 Å². The van der Waals surface area contributed by atoms with Gasteiger partial charge in [-0.25, -0.2) is 8.42 Å². The van der Waals surface area contributed by atoms with Gasteiger partial charge in [-0.3, -0.25) is 4.79 Å². The first-order valence-corrected chi connectivity index (χ1v) is 12.7. The highest BCUT2D eigenvalue weighted by Crippen LogP contribution is 2.35. The van der Waals surface area contributed by atoms with E-state index >= 15 is 0 Å². The molecule has 3 rings (SSSR count). The second-order valence-corrected chi connectivity index (χ2v) is 10.4. The van der Waals surface area contributed by atoms with E-state index in [0.29, 0.717) is 24.7 Å². The summed E-state index contributed by atoms with van der Waals surface area (Å²) in [7, 11) is -1.37. The summed E-state index contributed by atoms with van der Waals surface area (Å²) in [5.74, 6) is -0.259. The third-order valence-electron chi connectivity index (χ3n) is 5.81. The van der Waals surface area contributed by atoms with Gasteiger partial charge in [0.1, 0.15) is 0 Å². The number of anilines is 1. The van der Waals surface area contributed by atoms with Crippen molar-refractivity contribution in [1.82, 2.24) is 4.31 Å². The maximum Gasteiger partial charge on any atom is 0.416 e. The highest BCUT2D eigenvalue weighted by atomic mass is 35.5. The minimum atomic E-state index is -4.63. The Bertz CT molecular complexity index is 1170. The van der Waals surface area contributed by atoms with Gasteiger partial charge in [-0.2, -0.15) is 17.5 Å². The quantitative estimate of drug-likeness (QED) is 0.494.